The third-order valence-corrected chi connectivity index (χ3v) is 3.68. The van der Waals surface area contributed by atoms with E-state index in [9.17, 15) is 4.39 Å². The van der Waals surface area contributed by atoms with Crippen LogP contribution < -0.4 is 5.73 Å². The number of fused-ring (bicyclic) bond motifs is 1. The van der Waals surface area contributed by atoms with E-state index in [1.807, 2.05) is 6.92 Å². The number of halogens is 1. The lowest BCUT2D eigenvalue weighted by molar-refractivity contribution is 0.167. The normalized spacial score (nSPS) is 18.2. The van der Waals surface area contributed by atoms with Gasteiger partial charge in [0, 0.05) is 13.0 Å². The first-order chi connectivity index (χ1) is 7.67. The predicted molar refractivity (Wildman–Crippen MR) is 65.4 cm³/mol. The highest BCUT2D eigenvalue weighted by atomic mass is 19.1. The van der Waals surface area contributed by atoms with Crippen molar-refractivity contribution in [3.05, 3.63) is 34.9 Å². The van der Waals surface area contributed by atoms with E-state index in [0.29, 0.717) is 12.8 Å². The molecule has 1 aromatic carbocycles. The fourth-order valence-electron chi connectivity index (χ4n) is 2.44. The second-order valence-corrected chi connectivity index (χ2v) is 4.84. The van der Waals surface area contributed by atoms with Crippen LogP contribution in [0.25, 0.3) is 0 Å². The van der Waals surface area contributed by atoms with E-state index in [0.717, 1.165) is 12.0 Å². The van der Waals surface area contributed by atoms with Crippen molar-refractivity contribution in [3.63, 3.8) is 0 Å². The molecule has 1 aliphatic carbocycles. The van der Waals surface area contributed by atoms with Gasteiger partial charge in [-0.15, -0.1) is 0 Å². The van der Waals surface area contributed by atoms with E-state index < -0.39 is 5.67 Å². The van der Waals surface area contributed by atoms with Crippen LogP contribution in [0.5, 0.6) is 0 Å². The standard InChI is InChI=1S/C14H20FN/c1-2-14(15,10-16)9-11-6-7-12-4-3-5-13(12)8-11/h6-8H,2-5,9-10,16H2,1H3. The largest absolute Gasteiger partial charge is 0.328 e. The van der Waals surface area contributed by atoms with Crippen LogP contribution in [0.15, 0.2) is 18.2 Å². The minimum atomic E-state index is -1.23. The first kappa shape index (κ1) is 11.6. The summed E-state index contributed by atoms with van der Waals surface area (Å²) in [6, 6.07) is 6.38. The molecule has 0 saturated heterocycles. The molecule has 1 atom stereocenters. The molecule has 0 saturated carbocycles. The second-order valence-electron chi connectivity index (χ2n) is 4.84. The maximum Gasteiger partial charge on any atom is 0.126 e. The van der Waals surface area contributed by atoms with Gasteiger partial charge in [-0.3, -0.25) is 0 Å². The fourth-order valence-corrected chi connectivity index (χ4v) is 2.44. The Morgan fingerprint density at radius 1 is 1.31 bits per heavy atom. The van der Waals surface area contributed by atoms with Crippen molar-refractivity contribution < 1.29 is 4.39 Å². The Bertz CT molecular complexity index is 369. The zero-order valence-corrected chi connectivity index (χ0v) is 9.93. The van der Waals surface area contributed by atoms with Crippen molar-refractivity contribution in [2.75, 3.05) is 6.54 Å². The smallest absolute Gasteiger partial charge is 0.126 e. The number of hydrogen-bond acceptors (Lipinski definition) is 1. The zero-order chi connectivity index (χ0) is 11.6. The highest BCUT2D eigenvalue weighted by Crippen LogP contribution is 2.26. The zero-order valence-electron chi connectivity index (χ0n) is 9.93. The van der Waals surface area contributed by atoms with Crippen LogP contribution in [0.3, 0.4) is 0 Å². The lowest BCUT2D eigenvalue weighted by atomic mass is 9.92. The number of nitrogens with two attached hydrogens (primary N) is 1. The SMILES string of the molecule is CCC(F)(CN)Cc1ccc2c(c1)CCC2. The highest BCUT2D eigenvalue weighted by molar-refractivity contribution is 5.35. The molecule has 0 aliphatic heterocycles. The van der Waals surface area contributed by atoms with Crippen LogP contribution in [-0.2, 0) is 19.3 Å². The van der Waals surface area contributed by atoms with Crippen molar-refractivity contribution in [3.8, 4) is 0 Å². The molecule has 0 amide bonds. The molecule has 1 aromatic rings. The summed E-state index contributed by atoms with van der Waals surface area (Å²) in [4.78, 5) is 0. The molecule has 2 rings (SSSR count). The Hall–Kier alpha value is -0.890. The van der Waals surface area contributed by atoms with Gasteiger partial charge in [0.1, 0.15) is 5.67 Å². The molecule has 0 heterocycles. The summed E-state index contributed by atoms with van der Waals surface area (Å²) in [6.07, 6.45) is 4.51. The van der Waals surface area contributed by atoms with E-state index in [1.54, 1.807) is 0 Å². The van der Waals surface area contributed by atoms with Gasteiger partial charge in [-0.25, -0.2) is 4.39 Å². The highest BCUT2D eigenvalue weighted by Gasteiger charge is 2.26. The van der Waals surface area contributed by atoms with Gasteiger partial charge in [0.25, 0.3) is 0 Å². The van der Waals surface area contributed by atoms with Gasteiger partial charge >= 0.3 is 0 Å². The Kier molecular flexibility index (Phi) is 3.29. The van der Waals surface area contributed by atoms with Crippen LogP contribution in [0.1, 0.15) is 36.5 Å². The molecule has 0 bridgehead atoms. The maximum absolute atomic E-state index is 14.2. The van der Waals surface area contributed by atoms with E-state index in [4.69, 9.17) is 5.73 Å². The van der Waals surface area contributed by atoms with Crippen LogP contribution >= 0.6 is 0 Å². The molecule has 0 fully saturated rings. The molecule has 0 spiro atoms. The number of rotatable bonds is 4. The molecular weight excluding hydrogens is 201 g/mol. The van der Waals surface area contributed by atoms with Crippen LogP contribution in [-0.4, -0.2) is 12.2 Å². The van der Waals surface area contributed by atoms with Crippen molar-refractivity contribution in [1.29, 1.82) is 0 Å². The number of alkyl halides is 1. The quantitative estimate of drug-likeness (QED) is 0.831. The first-order valence-corrected chi connectivity index (χ1v) is 6.16. The third kappa shape index (κ3) is 2.27. The molecule has 1 nitrogen and oxygen atoms in total. The first-order valence-electron chi connectivity index (χ1n) is 6.16. The van der Waals surface area contributed by atoms with Crippen LogP contribution in [0.4, 0.5) is 4.39 Å². The van der Waals surface area contributed by atoms with Crippen molar-refractivity contribution in [2.24, 2.45) is 5.73 Å². The number of benzene rings is 1. The maximum atomic E-state index is 14.2. The van der Waals surface area contributed by atoms with Gasteiger partial charge in [0.15, 0.2) is 0 Å². The Morgan fingerprint density at radius 2 is 2.06 bits per heavy atom. The number of aryl methyl sites for hydroxylation is 2. The van der Waals surface area contributed by atoms with Crippen molar-refractivity contribution in [1.82, 2.24) is 0 Å². The summed E-state index contributed by atoms with van der Waals surface area (Å²) in [6.45, 7) is 1.97. The van der Waals surface area contributed by atoms with Crippen molar-refractivity contribution >= 4 is 0 Å². The molecule has 0 aromatic heterocycles. The molecular formula is C14H20FN. The summed E-state index contributed by atoms with van der Waals surface area (Å²) < 4.78 is 14.2. The molecule has 2 N–H and O–H groups in total. The third-order valence-electron chi connectivity index (χ3n) is 3.68. The molecule has 16 heavy (non-hydrogen) atoms. The summed E-state index contributed by atoms with van der Waals surface area (Å²) in [5.74, 6) is 0. The van der Waals surface area contributed by atoms with Gasteiger partial charge in [0.05, 0.1) is 0 Å². The van der Waals surface area contributed by atoms with Gasteiger partial charge in [-0.05, 0) is 42.4 Å². The molecule has 1 unspecified atom stereocenters. The lowest BCUT2D eigenvalue weighted by Gasteiger charge is -2.22. The van der Waals surface area contributed by atoms with Gasteiger partial charge in [-0.2, -0.15) is 0 Å². The average Bonchev–Trinajstić information content (AvgIpc) is 2.76. The number of hydrogen-bond donors (Lipinski definition) is 1. The van der Waals surface area contributed by atoms with Crippen molar-refractivity contribution in [2.45, 2.75) is 44.7 Å². The van der Waals surface area contributed by atoms with E-state index in [1.165, 1.54) is 24.0 Å². The van der Waals surface area contributed by atoms with Gasteiger partial charge in [0.2, 0.25) is 0 Å². The predicted octanol–water partition coefficient (Wildman–Crippen LogP) is 2.79. The molecule has 2 heteroatoms. The molecule has 0 radical (unpaired) electrons. The summed E-state index contributed by atoms with van der Waals surface area (Å²) in [5, 5.41) is 0. The van der Waals surface area contributed by atoms with Crippen LogP contribution in [0, 0.1) is 0 Å². The Morgan fingerprint density at radius 3 is 2.75 bits per heavy atom. The Balaban J connectivity index is 2.16. The average molecular weight is 221 g/mol. The lowest BCUT2D eigenvalue weighted by Crippen LogP contribution is -2.34. The minimum absolute atomic E-state index is 0.112. The van der Waals surface area contributed by atoms with Gasteiger partial charge < -0.3 is 5.73 Å². The topological polar surface area (TPSA) is 26.0 Å². The van der Waals surface area contributed by atoms with Crippen LogP contribution in [0.2, 0.25) is 0 Å². The summed E-state index contributed by atoms with van der Waals surface area (Å²) in [7, 11) is 0. The van der Waals surface area contributed by atoms with E-state index in [2.05, 4.69) is 18.2 Å². The fraction of sp³-hybridized carbons (Fsp3) is 0.571. The van der Waals surface area contributed by atoms with E-state index in [-0.39, 0.29) is 6.54 Å². The molecule has 88 valence electrons. The Labute approximate surface area is 96.9 Å². The van der Waals surface area contributed by atoms with E-state index >= 15 is 0 Å². The van der Waals surface area contributed by atoms with Gasteiger partial charge in [-0.1, -0.05) is 25.1 Å². The minimum Gasteiger partial charge on any atom is -0.328 e. The summed E-state index contributed by atoms with van der Waals surface area (Å²) >= 11 is 0. The second kappa shape index (κ2) is 4.54. The summed E-state index contributed by atoms with van der Waals surface area (Å²) in [5.41, 5.74) is 8.22. The molecule has 1 aliphatic rings. The monoisotopic (exact) mass is 221 g/mol.